The van der Waals surface area contributed by atoms with Crippen molar-refractivity contribution in [1.29, 1.82) is 0 Å². The predicted molar refractivity (Wildman–Crippen MR) is 149 cm³/mol. The average Bonchev–Trinajstić information content (AvgIpc) is 3.49. The Hall–Kier alpha value is -2.14. The van der Waals surface area contributed by atoms with Crippen LogP contribution in [0.15, 0.2) is 40.7 Å². The fourth-order valence-corrected chi connectivity index (χ4v) is 6.52. The zero-order valence-corrected chi connectivity index (χ0v) is 22.3. The summed E-state index contributed by atoms with van der Waals surface area (Å²) in [7, 11) is 0. The van der Waals surface area contributed by atoms with Gasteiger partial charge in [0.2, 0.25) is 11.8 Å². The normalized spacial score (nSPS) is 13.3. The smallest absolute Gasteiger partial charge is 0.234 e. The second kappa shape index (κ2) is 11.5. The summed E-state index contributed by atoms with van der Waals surface area (Å²) in [5.41, 5.74) is 4.65. The van der Waals surface area contributed by atoms with Gasteiger partial charge in [-0.15, -0.1) is 11.3 Å². The maximum atomic E-state index is 12.4. The van der Waals surface area contributed by atoms with Crippen molar-refractivity contribution >= 4 is 84.8 Å². The molecule has 3 aromatic rings. The fourth-order valence-electron chi connectivity index (χ4n) is 3.56. The third kappa shape index (κ3) is 6.50. The van der Waals surface area contributed by atoms with E-state index >= 15 is 0 Å². The Morgan fingerprint density at radius 1 is 1.09 bits per heavy atom. The number of amides is 2. The number of hydrogen-bond donors (Lipinski definition) is 2. The second-order valence-corrected chi connectivity index (χ2v) is 11.9. The highest BCUT2D eigenvalue weighted by Crippen LogP contribution is 2.31. The third-order valence-electron chi connectivity index (χ3n) is 5.55. The predicted octanol–water partition coefficient (Wildman–Crippen LogP) is 5.70. The van der Waals surface area contributed by atoms with Gasteiger partial charge in [-0.1, -0.05) is 47.9 Å². The number of thiocarbonyl (C=S) groups is 1. The number of benzene rings is 2. The molecule has 6 nitrogen and oxygen atoms in total. The fraction of sp³-hybridized carbons (Fsp3) is 0.333. The topological polar surface area (TPSA) is 74.3 Å². The third-order valence-corrected chi connectivity index (χ3v) is 9.23. The van der Waals surface area contributed by atoms with Gasteiger partial charge in [0.05, 0.1) is 21.7 Å². The molecule has 0 bridgehead atoms. The van der Waals surface area contributed by atoms with Crippen LogP contribution in [-0.4, -0.2) is 50.6 Å². The Morgan fingerprint density at radius 2 is 1.85 bits per heavy atom. The van der Waals surface area contributed by atoms with E-state index in [0.717, 1.165) is 54.5 Å². The summed E-state index contributed by atoms with van der Waals surface area (Å²) in [4.78, 5) is 31.6. The van der Waals surface area contributed by atoms with Crippen LogP contribution in [0.1, 0.15) is 24.0 Å². The number of anilines is 2. The van der Waals surface area contributed by atoms with Gasteiger partial charge in [-0.3, -0.25) is 9.59 Å². The first-order valence-electron chi connectivity index (χ1n) is 11.0. The molecule has 34 heavy (non-hydrogen) atoms. The number of thiazole rings is 1. The number of fused-ring (bicyclic) bond motifs is 1. The summed E-state index contributed by atoms with van der Waals surface area (Å²) in [6, 6.07) is 11.6. The minimum absolute atomic E-state index is 0.0600. The summed E-state index contributed by atoms with van der Waals surface area (Å²) >= 11 is 9.77. The van der Waals surface area contributed by atoms with E-state index in [2.05, 4.69) is 20.5 Å². The van der Waals surface area contributed by atoms with Crippen molar-refractivity contribution in [2.75, 3.05) is 35.2 Å². The van der Waals surface area contributed by atoms with Gasteiger partial charge in [0.25, 0.3) is 0 Å². The maximum Gasteiger partial charge on any atom is 0.234 e. The monoisotopic (exact) mass is 530 g/mol. The van der Waals surface area contributed by atoms with Gasteiger partial charge in [-0.25, -0.2) is 4.98 Å². The highest BCUT2D eigenvalue weighted by Gasteiger charge is 2.16. The summed E-state index contributed by atoms with van der Waals surface area (Å²) in [6.07, 6.45) is 2.33. The van der Waals surface area contributed by atoms with Gasteiger partial charge in [0.15, 0.2) is 4.34 Å². The van der Waals surface area contributed by atoms with Crippen LogP contribution in [0.2, 0.25) is 0 Å². The van der Waals surface area contributed by atoms with E-state index in [0.29, 0.717) is 5.75 Å². The van der Waals surface area contributed by atoms with Crippen molar-refractivity contribution in [2.24, 2.45) is 0 Å². The van der Waals surface area contributed by atoms with Gasteiger partial charge < -0.3 is 15.5 Å². The van der Waals surface area contributed by atoms with Crippen molar-refractivity contribution in [3.05, 3.63) is 47.5 Å². The minimum atomic E-state index is -0.0758. The van der Waals surface area contributed by atoms with Crippen LogP contribution in [0.3, 0.4) is 0 Å². The van der Waals surface area contributed by atoms with Crippen LogP contribution in [0.25, 0.3) is 10.2 Å². The highest BCUT2D eigenvalue weighted by atomic mass is 32.2. The van der Waals surface area contributed by atoms with E-state index in [1.807, 2.05) is 50.2 Å². The van der Waals surface area contributed by atoms with Crippen LogP contribution in [0.5, 0.6) is 0 Å². The van der Waals surface area contributed by atoms with E-state index in [4.69, 9.17) is 12.2 Å². The Kier molecular flexibility index (Phi) is 8.46. The minimum Gasteiger partial charge on any atom is -0.358 e. The summed E-state index contributed by atoms with van der Waals surface area (Å²) in [5, 5.41) is 5.93. The van der Waals surface area contributed by atoms with Gasteiger partial charge in [-0.05, 0) is 62.1 Å². The van der Waals surface area contributed by atoms with Crippen molar-refractivity contribution in [1.82, 2.24) is 9.88 Å². The Balaban J connectivity index is 1.29. The summed E-state index contributed by atoms with van der Waals surface area (Å²) in [5.74, 6) is 0.445. The quantitative estimate of drug-likeness (QED) is 0.300. The number of aryl methyl sites for hydroxylation is 1. The first kappa shape index (κ1) is 25.0. The molecule has 2 aromatic carbocycles. The zero-order chi connectivity index (χ0) is 24.1. The standard InChI is InChI=1S/C24H26N4O2S4/c1-15-6-5-7-18(16(15)2)26-22(30)13-32-23-27-19-9-8-17(12-20(19)34-23)25-21(29)14-33-24(31)28-10-3-4-11-28/h5-9,12H,3-4,10-11,13-14H2,1-2H3,(H,25,29)(H,26,30). The van der Waals surface area contributed by atoms with Crippen LogP contribution >= 0.6 is 47.1 Å². The second-order valence-electron chi connectivity index (χ2n) is 8.04. The van der Waals surface area contributed by atoms with Gasteiger partial charge in [0, 0.05) is 24.5 Å². The number of carbonyl (C=O) groups is 2. The Labute approximate surface area is 217 Å². The lowest BCUT2D eigenvalue weighted by atomic mass is 10.1. The van der Waals surface area contributed by atoms with Crippen LogP contribution in [0, 0.1) is 13.8 Å². The van der Waals surface area contributed by atoms with Crippen molar-refractivity contribution in [3.63, 3.8) is 0 Å². The first-order valence-corrected chi connectivity index (χ1v) is 14.2. The van der Waals surface area contributed by atoms with Crippen LogP contribution in [0.4, 0.5) is 11.4 Å². The number of nitrogens with one attached hydrogen (secondary N) is 2. The molecule has 4 rings (SSSR count). The molecule has 2 amide bonds. The Bertz CT molecular complexity index is 1220. The molecule has 0 saturated carbocycles. The number of thioether (sulfide) groups is 2. The van der Waals surface area contributed by atoms with Crippen molar-refractivity contribution < 1.29 is 9.59 Å². The molecule has 0 radical (unpaired) electrons. The first-order chi connectivity index (χ1) is 16.4. The highest BCUT2D eigenvalue weighted by molar-refractivity contribution is 8.23. The molecule has 2 N–H and O–H groups in total. The molecule has 0 aliphatic carbocycles. The SMILES string of the molecule is Cc1cccc(NC(=O)CSc2nc3ccc(NC(=O)CSC(=S)N4CCCC4)cc3s2)c1C. The molecule has 2 heterocycles. The lowest BCUT2D eigenvalue weighted by Gasteiger charge is -2.17. The summed E-state index contributed by atoms with van der Waals surface area (Å²) in [6.45, 7) is 6.01. The lowest BCUT2D eigenvalue weighted by Crippen LogP contribution is -2.25. The number of carbonyl (C=O) groups excluding carboxylic acids is 2. The molecular weight excluding hydrogens is 505 g/mol. The molecule has 1 aliphatic heterocycles. The molecule has 1 aromatic heterocycles. The van der Waals surface area contributed by atoms with E-state index in [1.165, 1.54) is 47.7 Å². The maximum absolute atomic E-state index is 12.4. The van der Waals surface area contributed by atoms with Crippen LogP contribution in [-0.2, 0) is 9.59 Å². The lowest BCUT2D eigenvalue weighted by molar-refractivity contribution is -0.114. The van der Waals surface area contributed by atoms with Crippen molar-refractivity contribution in [2.45, 2.75) is 31.0 Å². The molecule has 178 valence electrons. The number of likely N-dealkylation sites (tertiary alicyclic amines) is 1. The molecule has 1 saturated heterocycles. The molecule has 0 atom stereocenters. The molecule has 10 heteroatoms. The molecule has 1 aliphatic rings. The van der Waals surface area contributed by atoms with E-state index in [-0.39, 0.29) is 17.6 Å². The number of nitrogens with zero attached hydrogens (tertiary/aromatic N) is 2. The van der Waals surface area contributed by atoms with E-state index < -0.39 is 0 Å². The Morgan fingerprint density at radius 3 is 2.65 bits per heavy atom. The van der Waals surface area contributed by atoms with E-state index in [1.54, 1.807) is 0 Å². The summed E-state index contributed by atoms with van der Waals surface area (Å²) < 4.78 is 2.59. The van der Waals surface area contributed by atoms with E-state index in [9.17, 15) is 9.59 Å². The molecule has 0 unspecified atom stereocenters. The van der Waals surface area contributed by atoms with Crippen LogP contribution < -0.4 is 10.6 Å². The average molecular weight is 531 g/mol. The largest absolute Gasteiger partial charge is 0.358 e. The zero-order valence-electron chi connectivity index (χ0n) is 19.1. The molecular formula is C24H26N4O2S4. The number of hydrogen-bond acceptors (Lipinski definition) is 7. The van der Waals surface area contributed by atoms with Gasteiger partial charge in [0.1, 0.15) is 4.32 Å². The molecule has 1 fully saturated rings. The van der Waals surface area contributed by atoms with Crippen molar-refractivity contribution in [3.8, 4) is 0 Å². The van der Waals surface area contributed by atoms with Gasteiger partial charge >= 0.3 is 0 Å². The number of aromatic nitrogens is 1. The number of rotatable bonds is 7. The molecule has 0 spiro atoms. The van der Waals surface area contributed by atoms with Gasteiger partial charge in [-0.2, -0.15) is 0 Å².